The van der Waals surface area contributed by atoms with E-state index in [9.17, 15) is 13.6 Å². The molecule has 0 saturated carbocycles. The fourth-order valence-electron chi connectivity index (χ4n) is 2.10. The van der Waals surface area contributed by atoms with Crippen LogP contribution in [0.2, 0.25) is 5.02 Å². The molecule has 0 aliphatic carbocycles. The van der Waals surface area contributed by atoms with Gasteiger partial charge in [-0.3, -0.25) is 4.79 Å². The monoisotopic (exact) mass is 321 g/mol. The lowest BCUT2D eigenvalue weighted by atomic mass is 10.3. The SMILES string of the molecule is O=C(Cn1cnc2cc(F)c(F)cc21)Nc1cccc(Cl)c1. The van der Waals surface area contributed by atoms with Crippen molar-refractivity contribution in [2.24, 2.45) is 0 Å². The number of imidazole rings is 1. The lowest BCUT2D eigenvalue weighted by Gasteiger charge is -2.07. The van der Waals surface area contributed by atoms with E-state index in [4.69, 9.17) is 11.6 Å². The fraction of sp³-hybridized carbons (Fsp3) is 0.0667. The smallest absolute Gasteiger partial charge is 0.244 e. The summed E-state index contributed by atoms with van der Waals surface area (Å²) in [6, 6.07) is 8.73. The van der Waals surface area contributed by atoms with E-state index in [-0.39, 0.29) is 18.0 Å². The molecular weight excluding hydrogens is 312 g/mol. The predicted octanol–water partition coefficient (Wildman–Crippen LogP) is 3.61. The number of benzene rings is 2. The molecule has 112 valence electrons. The quantitative estimate of drug-likeness (QED) is 0.801. The Morgan fingerprint density at radius 2 is 2.00 bits per heavy atom. The molecular formula is C15H10ClF2N3O. The molecule has 1 aromatic heterocycles. The molecule has 1 amide bonds. The maximum Gasteiger partial charge on any atom is 0.244 e. The van der Waals surface area contributed by atoms with Gasteiger partial charge >= 0.3 is 0 Å². The minimum Gasteiger partial charge on any atom is -0.324 e. The molecule has 0 unspecified atom stereocenters. The molecule has 1 heterocycles. The van der Waals surface area contributed by atoms with E-state index >= 15 is 0 Å². The lowest BCUT2D eigenvalue weighted by Crippen LogP contribution is -2.18. The Hall–Kier alpha value is -2.47. The van der Waals surface area contributed by atoms with E-state index in [0.29, 0.717) is 16.2 Å². The summed E-state index contributed by atoms with van der Waals surface area (Å²) in [6.07, 6.45) is 1.36. The molecule has 0 fully saturated rings. The molecule has 3 rings (SSSR count). The number of halogens is 3. The summed E-state index contributed by atoms with van der Waals surface area (Å²) in [7, 11) is 0. The Morgan fingerprint density at radius 1 is 1.23 bits per heavy atom. The van der Waals surface area contributed by atoms with Gasteiger partial charge in [-0.2, -0.15) is 0 Å². The van der Waals surface area contributed by atoms with Crippen molar-refractivity contribution in [2.75, 3.05) is 5.32 Å². The minimum absolute atomic E-state index is 0.0753. The Balaban J connectivity index is 1.81. The number of aromatic nitrogens is 2. The average Bonchev–Trinajstić information content (AvgIpc) is 2.81. The van der Waals surface area contributed by atoms with Crippen LogP contribution >= 0.6 is 11.6 Å². The van der Waals surface area contributed by atoms with Gasteiger partial charge < -0.3 is 9.88 Å². The van der Waals surface area contributed by atoms with Crippen LogP contribution in [-0.2, 0) is 11.3 Å². The van der Waals surface area contributed by atoms with Crippen LogP contribution < -0.4 is 5.32 Å². The van der Waals surface area contributed by atoms with Crippen LogP contribution in [0.15, 0.2) is 42.7 Å². The number of amides is 1. The Bertz CT molecular complexity index is 863. The van der Waals surface area contributed by atoms with E-state index in [2.05, 4.69) is 10.3 Å². The Morgan fingerprint density at radius 3 is 2.77 bits per heavy atom. The number of fused-ring (bicyclic) bond motifs is 1. The van der Waals surface area contributed by atoms with Gasteiger partial charge in [-0.1, -0.05) is 17.7 Å². The van der Waals surface area contributed by atoms with Crippen molar-refractivity contribution in [2.45, 2.75) is 6.54 Å². The van der Waals surface area contributed by atoms with E-state index in [1.807, 2.05) is 0 Å². The zero-order chi connectivity index (χ0) is 15.7. The molecule has 0 aliphatic heterocycles. The Kier molecular flexibility index (Phi) is 3.77. The van der Waals surface area contributed by atoms with Gasteiger partial charge in [-0.25, -0.2) is 13.8 Å². The van der Waals surface area contributed by atoms with Gasteiger partial charge in [0.1, 0.15) is 6.54 Å². The van der Waals surface area contributed by atoms with Crippen LogP contribution in [0, 0.1) is 11.6 Å². The molecule has 2 aromatic carbocycles. The van der Waals surface area contributed by atoms with E-state index < -0.39 is 11.6 Å². The largest absolute Gasteiger partial charge is 0.324 e. The first-order chi connectivity index (χ1) is 10.5. The highest BCUT2D eigenvalue weighted by Crippen LogP contribution is 2.18. The number of hydrogen-bond acceptors (Lipinski definition) is 2. The van der Waals surface area contributed by atoms with E-state index in [0.717, 1.165) is 12.1 Å². The molecule has 0 spiro atoms. The second kappa shape index (κ2) is 5.73. The summed E-state index contributed by atoms with van der Waals surface area (Å²) < 4.78 is 27.9. The summed E-state index contributed by atoms with van der Waals surface area (Å²) in [5.41, 5.74) is 1.19. The molecule has 1 N–H and O–H groups in total. The van der Waals surface area contributed by atoms with Gasteiger partial charge in [-0.15, -0.1) is 0 Å². The average molecular weight is 322 g/mol. The van der Waals surface area contributed by atoms with Crippen LogP contribution in [0.4, 0.5) is 14.5 Å². The molecule has 3 aromatic rings. The highest BCUT2D eigenvalue weighted by Gasteiger charge is 2.11. The molecule has 22 heavy (non-hydrogen) atoms. The summed E-state index contributed by atoms with van der Waals surface area (Å²) in [5, 5.41) is 3.18. The van der Waals surface area contributed by atoms with Crippen molar-refractivity contribution < 1.29 is 13.6 Å². The first-order valence-corrected chi connectivity index (χ1v) is 6.76. The summed E-state index contributed by atoms with van der Waals surface area (Å²) in [5.74, 6) is -2.28. The van der Waals surface area contributed by atoms with Crippen molar-refractivity contribution in [3.63, 3.8) is 0 Å². The van der Waals surface area contributed by atoms with E-state index in [1.165, 1.54) is 10.9 Å². The third-order valence-electron chi connectivity index (χ3n) is 3.09. The lowest BCUT2D eigenvalue weighted by molar-refractivity contribution is -0.116. The topological polar surface area (TPSA) is 46.9 Å². The molecule has 0 radical (unpaired) electrons. The highest BCUT2D eigenvalue weighted by molar-refractivity contribution is 6.30. The minimum atomic E-state index is -0.982. The van der Waals surface area contributed by atoms with Gasteiger partial charge in [0.2, 0.25) is 5.91 Å². The van der Waals surface area contributed by atoms with Gasteiger partial charge in [-0.05, 0) is 18.2 Å². The molecule has 0 aliphatic rings. The third-order valence-corrected chi connectivity index (χ3v) is 3.32. The molecule has 7 heteroatoms. The third kappa shape index (κ3) is 2.92. The summed E-state index contributed by atoms with van der Waals surface area (Å²) >= 11 is 5.84. The number of anilines is 1. The van der Waals surface area contributed by atoms with Crippen molar-refractivity contribution >= 4 is 34.2 Å². The van der Waals surface area contributed by atoms with Gasteiger partial charge in [0.15, 0.2) is 11.6 Å². The van der Waals surface area contributed by atoms with Crippen molar-refractivity contribution in [3.8, 4) is 0 Å². The molecule has 0 saturated heterocycles. The number of nitrogens with one attached hydrogen (secondary N) is 1. The van der Waals surface area contributed by atoms with Crippen LogP contribution in [0.3, 0.4) is 0 Å². The standard InChI is InChI=1S/C15H10ClF2N3O/c16-9-2-1-3-10(4-9)20-15(22)7-21-8-19-13-5-11(17)12(18)6-14(13)21/h1-6,8H,7H2,(H,20,22). The highest BCUT2D eigenvalue weighted by atomic mass is 35.5. The van der Waals surface area contributed by atoms with Gasteiger partial charge in [0, 0.05) is 22.8 Å². The van der Waals surface area contributed by atoms with Crippen molar-refractivity contribution in [1.82, 2.24) is 9.55 Å². The predicted molar refractivity (Wildman–Crippen MR) is 79.7 cm³/mol. The maximum atomic E-state index is 13.3. The van der Waals surface area contributed by atoms with Gasteiger partial charge in [0.25, 0.3) is 0 Å². The van der Waals surface area contributed by atoms with Gasteiger partial charge in [0.05, 0.1) is 17.4 Å². The van der Waals surface area contributed by atoms with Crippen LogP contribution in [0.25, 0.3) is 11.0 Å². The number of carbonyl (C=O) groups excluding carboxylic acids is 1. The zero-order valence-corrected chi connectivity index (χ0v) is 11.9. The first kappa shape index (κ1) is 14.5. The number of hydrogen-bond donors (Lipinski definition) is 1. The zero-order valence-electron chi connectivity index (χ0n) is 11.2. The molecule has 0 bridgehead atoms. The van der Waals surface area contributed by atoms with Crippen LogP contribution in [-0.4, -0.2) is 15.5 Å². The van der Waals surface area contributed by atoms with E-state index in [1.54, 1.807) is 24.3 Å². The van der Waals surface area contributed by atoms with Crippen molar-refractivity contribution in [1.29, 1.82) is 0 Å². The number of nitrogens with zero attached hydrogens (tertiary/aromatic N) is 2. The van der Waals surface area contributed by atoms with Crippen LogP contribution in [0.5, 0.6) is 0 Å². The first-order valence-electron chi connectivity index (χ1n) is 6.38. The van der Waals surface area contributed by atoms with Crippen molar-refractivity contribution in [3.05, 3.63) is 59.4 Å². The Labute approximate surface area is 129 Å². The number of carbonyl (C=O) groups is 1. The second-order valence-electron chi connectivity index (χ2n) is 4.69. The molecule has 0 atom stereocenters. The normalized spacial score (nSPS) is 10.9. The van der Waals surface area contributed by atoms with Crippen LogP contribution in [0.1, 0.15) is 0 Å². The summed E-state index contributed by atoms with van der Waals surface area (Å²) in [4.78, 5) is 16.0. The molecule has 4 nitrogen and oxygen atoms in total. The maximum absolute atomic E-state index is 13.3. The fourth-order valence-corrected chi connectivity index (χ4v) is 2.29. The summed E-state index contributed by atoms with van der Waals surface area (Å²) in [6.45, 7) is -0.0753. The number of rotatable bonds is 3. The second-order valence-corrected chi connectivity index (χ2v) is 5.12.